The van der Waals surface area contributed by atoms with E-state index in [-0.39, 0.29) is 5.91 Å². The Morgan fingerprint density at radius 2 is 1.84 bits per heavy atom. The van der Waals surface area contributed by atoms with Crippen LogP contribution in [0.3, 0.4) is 0 Å². The van der Waals surface area contributed by atoms with Gasteiger partial charge >= 0.3 is 0 Å². The first-order valence-electron chi connectivity index (χ1n) is 6.21. The Morgan fingerprint density at radius 3 is 2.37 bits per heavy atom. The molecule has 3 nitrogen and oxygen atoms in total. The molecule has 1 aliphatic rings. The number of rotatable bonds is 1. The topological polar surface area (TPSA) is 29.5 Å². The van der Waals surface area contributed by atoms with E-state index in [4.69, 9.17) is 4.84 Å². The number of carbonyl (C=O) groups excluding carboxylic acids is 1. The molecule has 104 valence electrons. The van der Waals surface area contributed by atoms with Crippen LogP contribution in [0.15, 0.2) is 18.2 Å². The molecular weight excluding hydrogens is 252 g/mol. The molecule has 1 heterocycles. The van der Waals surface area contributed by atoms with Gasteiger partial charge in [-0.3, -0.25) is 9.63 Å². The zero-order valence-electron chi connectivity index (χ0n) is 11.2. The summed E-state index contributed by atoms with van der Waals surface area (Å²) in [5.41, 5.74) is -0.179. The van der Waals surface area contributed by atoms with E-state index >= 15 is 0 Å². The highest BCUT2D eigenvalue weighted by molar-refractivity contribution is 5.81. The van der Waals surface area contributed by atoms with Crippen molar-refractivity contribution in [3.8, 4) is 0 Å². The van der Waals surface area contributed by atoms with E-state index < -0.39 is 23.1 Å². The molecule has 1 saturated heterocycles. The number of carbonyl (C=O) groups is 1. The van der Waals surface area contributed by atoms with Gasteiger partial charge in [-0.05, 0) is 17.7 Å². The summed E-state index contributed by atoms with van der Waals surface area (Å²) < 4.78 is 26.5. The summed E-state index contributed by atoms with van der Waals surface area (Å²) in [6.07, 6.45) is 0.532. The minimum absolute atomic E-state index is 0.195. The fraction of sp³-hybridized carbons (Fsp3) is 0.500. The largest absolute Gasteiger partial charge is 0.272 e. The van der Waals surface area contributed by atoms with E-state index in [9.17, 15) is 13.6 Å². The van der Waals surface area contributed by atoms with Crippen molar-refractivity contribution in [2.45, 2.75) is 33.2 Å². The summed E-state index contributed by atoms with van der Waals surface area (Å²) >= 11 is 0. The minimum atomic E-state index is -0.648. The van der Waals surface area contributed by atoms with Gasteiger partial charge < -0.3 is 0 Å². The SMILES string of the molecule is CC(C)(C)C(=O)N1OCCC1c1cc(F)cc(F)c1. The standard InChI is InChI=1S/C14H17F2NO2/c1-14(2,3)13(18)17-12(4-5-19-17)9-6-10(15)8-11(16)7-9/h6-8,12H,4-5H2,1-3H3. The molecule has 0 N–H and O–H groups in total. The van der Waals surface area contributed by atoms with Crippen LogP contribution in [0.25, 0.3) is 0 Å². The highest BCUT2D eigenvalue weighted by atomic mass is 19.1. The fourth-order valence-corrected chi connectivity index (χ4v) is 2.07. The number of nitrogens with zero attached hydrogens (tertiary/aromatic N) is 1. The van der Waals surface area contributed by atoms with E-state index in [1.807, 2.05) is 0 Å². The fourth-order valence-electron chi connectivity index (χ4n) is 2.07. The molecule has 0 bridgehead atoms. The first kappa shape index (κ1) is 13.9. The predicted molar refractivity (Wildman–Crippen MR) is 66.0 cm³/mol. The lowest BCUT2D eigenvalue weighted by atomic mass is 9.94. The van der Waals surface area contributed by atoms with Crippen molar-refractivity contribution >= 4 is 5.91 Å². The molecule has 1 fully saturated rings. The summed E-state index contributed by atoms with van der Waals surface area (Å²) in [7, 11) is 0. The molecule has 1 unspecified atom stereocenters. The van der Waals surface area contributed by atoms with Gasteiger partial charge in [-0.1, -0.05) is 20.8 Å². The van der Waals surface area contributed by atoms with Crippen LogP contribution in [-0.4, -0.2) is 17.6 Å². The Morgan fingerprint density at radius 1 is 1.26 bits per heavy atom. The van der Waals surface area contributed by atoms with E-state index in [2.05, 4.69) is 0 Å². The Bertz CT molecular complexity index is 476. The molecule has 0 aromatic heterocycles. The Balaban J connectivity index is 2.31. The highest BCUT2D eigenvalue weighted by Gasteiger charge is 2.37. The van der Waals surface area contributed by atoms with Gasteiger partial charge in [-0.2, -0.15) is 0 Å². The van der Waals surface area contributed by atoms with Gasteiger partial charge in [0.05, 0.1) is 12.6 Å². The number of amides is 1. The third-order valence-electron chi connectivity index (χ3n) is 3.02. The maximum absolute atomic E-state index is 13.3. The van der Waals surface area contributed by atoms with Crippen LogP contribution in [0.5, 0.6) is 0 Å². The van der Waals surface area contributed by atoms with Crippen LogP contribution in [0, 0.1) is 17.0 Å². The molecule has 19 heavy (non-hydrogen) atoms. The second-order valence-electron chi connectivity index (χ2n) is 5.72. The van der Waals surface area contributed by atoms with Crippen LogP contribution >= 0.6 is 0 Å². The summed E-state index contributed by atoms with van der Waals surface area (Å²) in [6.45, 7) is 5.70. The van der Waals surface area contributed by atoms with E-state index in [1.165, 1.54) is 17.2 Å². The summed E-state index contributed by atoms with van der Waals surface area (Å²) in [4.78, 5) is 17.6. The zero-order chi connectivity index (χ0) is 14.2. The van der Waals surface area contributed by atoms with Gasteiger partial charge in [0.25, 0.3) is 5.91 Å². The average molecular weight is 269 g/mol. The monoisotopic (exact) mass is 269 g/mol. The predicted octanol–water partition coefficient (Wildman–Crippen LogP) is 3.22. The van der Waals surface area contributed by atoms with Crippen LogP contribution in [0.2, 0.25) is 0 Å². The van der Waals surface area contributed by atoms with Crippen molar-refractivity contribution in [1.82, 2.24) is 5.06 Å². The second kappa shape index (κ2) is 4.89. The summed E-state index contributed by atoms with van der Waals surface area (Å²) in [5, 5.41) is 1.24. The Labute approximate surface area is 111 Å². The Kier molecular flexibility index (Phi) is 3.58. The van der Waals surface area contributed by atoms with Crippen LogP contribution in [-0.2, 0) is 9.63 Å². The van der Waals surface area contributed by atoms with Crippen molar-refractivity contribution in [2.75, 3.05) is 6.61 Å². The maximum Gasteiger partial charge on any atom is 0.252 e. The van der Waals surface area contributed by atoms with Gasteiger partial charge in [0.2, 0.25) is 0 Å². The molecule has 1 aliphatic heterocycles. The smallest absolute Gasteiger partial charge is 0.252 e. The molecule has 1 atom stereocenters. The molecule has 1 aromatic carbocycles. The van der Waals surface area contributed by atoms with E-state index in [0.717, 1.165) is 6.07 Å². The normalized spacial score (nSPS) is 19.8. The molecule has 0 radical (unpaired) electrons. The molecule has 0 aliphatic carbocycles. The van der Waals surface area contributed by atoms with Gasteiger partial charge in [-0.15, -0.1) is 0 Å². The van der Waals surface area contributed by atoms with Crippen LogP contribution < -0.4 is 0 Å². The number of hydrogen-bond acceptors (Lipinski definition) is 2. The van der Waals surface area contributed by atoms with E-state index in [0.29, 0.717) is 18.6 Å². The lowest BCUT2D eigenvalue weighted by Crippen LogP contribution is -2.38. The first-order valence-corrected chi connectivity index (χ1v) is 6.21. The third kappa shape index (κ3) is 2.92. The van der Waals surface area contributed by atoms with Gasteiger partial charge in [0, 0.05) is 17.9 Å². The molecule has 0 spiro atoms. The molecule has 1 aromatic rings. The number of hydrogen-bond donors (Lipinski definition) is 0. The molecule has 5 heteroatoms. The van der Waals surface area contributed by atoms with Crippen LogP contribution in [0.4, 0.5) is 8.78 Å². The van der Waals surface area contributed by atoms with Gasteiger partial charge in [-0.25, -0.2) is 13.8 Å². The lowest BCUT2D eigenvalue weighted by Gasteiger charge is -2.29. The van der Waals surface area contributed by atoms with Crippen molar-refractivity contribution in [3.63, 3.8) is 0 Å². The molecule has 0 saturated carbocycles. The third-order valence-corrected chi connectivity index (χ3v) is 3.02. The number of benzene rings is 1. The lowest BCUT2D eigenvalue weighted by molar-refractivity contribution is -0.186. The minimum Gasteiger partial charge on any atom is -0.272 e. The summed E-state index contributed by atoms with van der Waals surface area (Å²) in [6, 6.07) is 2.86. The van der Waals surface area contributed by atoms with Crippen molar-refractivity contribution in [1.29, 1.82) is 0 Å². The van der Waals surface area contributed by atoms with Crippen molar-refractivity contribution in [2.24, 2.45) is 5.41 Å². The summed E-state index contributed by atoms with van der Waals surface area (Å²) in [5.74, 6) is -1.49. The number of hydroxylamine groups is 2. The van der Waals surface area contributed by atoms with Crippen LogP contribution in [0.1, 0.15) is 38.8 Å². The van der Waals surface area contributed by atoms with Gasteiger partial charge in [0.15, 0.2) is 0 Å². The zero-order valence-corrected chi connectivity index (χ0v) is 11.2. The Hall–Kier alpha value is -1.49. The number of halogens is 2. The maximum atomic E-state index is 13.3. The molecule has 2 rings (SSSR count). The molecule has 1 amide bonds. The average Bonchev–Trinajstić information content (AvgIpc) is 2.73. The van der Waals surface area contributed by atoms with E-state index in [1.54, 1.807) is 20.8 Å². The first-order chi connectivity index (χ1) is 8.79. The second-order valence-corrected chi connectivity index (χ2v) is 5.72. The van der Waals surface area contributed by atoms with Crippen molar-refractivity contribution in [3.05, 3.63) is 35.4 Å². The van der Waals surface area contributed by atoms with Crippen molar-refractivity contribution < 1.29 is 18.4 Å². The van der Waals surface area contributed by atoms with Gasteiger partial charge in [0.1, 0.15) is 11.6 Å². The molecular formula is C14H17F2NO2. The highest BCUT2D eigenvalue weighted by Crippen LogP contribution is 2.34. The quantitative estimate of drug-likeness (QED) is 0.783.